The minimum absolute atomic E-state index is 0.169. The lowest BCUT2D eigenvalue weighted by molar-refractivity contribution is -0.115. The molecule has 0 bridgehead atoms. The van der Waals surface area contributed by atoms with Crippen molar-refractivity contribution in [3.8, 4) is 11.3 Å². The standard InChI is InChI=1S/C21H18ClN3O2S/c1-13-9-10-23-19(11-13)24-21(28)25-20(26)8-6-16-5-7-18(27-16)15-4-3-14(2)17(22)12-15/h3-12H,1-2H3,(H2,23,24,25,26,28)/b8-6+. The van der Waals surface area contributed by atoms with Crippen molar-refractivity contribution in [1.29, 1.82) is 0 Å². The van der Waals surface area contributed by atoms with E-state index in [9.17, 15) is 4.79 Å². The molecule has 142 valence electrons. The van der Waals surface area contributed by atoms with Gasteiger partial charge in [-0.25, -0.2) is 4.98 Å². The maximum atomic E-state index is 12.0. The van der Waals surface area contributed by atoms with E-state index in [0.29, 0.717) is 22.4 Å². The molecule has 7 heteroatoms. The van der Waals surface area contributed by atoms with Gasteiger partial charge in [0.1, 0.15) is 17.3 Å². The molecular formula is C21H18ClN3O2S. The molecule has 0 radical (unpaired) electrons. The highest BCUT2D eigenvalue weighted by Gasteiger charge is 2.06. The lowest BCUT2D eigenvalue weighted by Crippen LogP contribution is -2.33. The number of nitrogens with zero attached hydrogens (tertiary/aromatic N) is 1. The zero-order chi connectivity index (χ0) is 20.1. The zero-order valence-corrected chi connectivity index (χ0v) is 16.9. The van der Waals surface area contributed by atoms with Gasteiger partial charge in [0, 0.05) is 22.9 Å². The predicted molar refractivity (Wildman–Crippen MR) is 116 cm³/mol. The third-order valence-electron chi connectivity index (χ3n) is 3.88. The van der Waals surface area contributed by atoms with Gasteiger partial charge in [0.05, 0.1) is 0 Å². The van der Waals surface area contributed by atoms with E-state index >= 15 is 0 Å². The van der Waals surface area contributed by atoms with Crippen molar-refractivity contribution >= 4 is 46.7 Å². The number of hydrogen-bond donors (Lipinski definition) is 2. The zero-order valence-electron chi connectivity index (χ0n) is 15.3. The van der Waals surface area contributed by atoms with Crippen molar-refractivity contribution in [3.05, 3.63) is 76.6 Å². The largest absolute Gasteiger partial charge is 0.457 e. The minimum atomic E-state index is -0.374. The van der Waals surface area contributed by atoms with Crippen LogP contribution in [0.25, 0.3) is 17.4 Å². The van der Waals surface area contributed by atoms with Crippen molar-refractivity contribution in [2.45, 2.75) is 13.8 Å². The Kier molecular flexibility index (Phi) is 6.23. The number of benzene rings is 1. The van der Waals surface area contributed by atoms with Crippen LogP contribution < -0.4 is 10.6 Å². The van der Waals surface area contributed by atoms with Crippen LogP contribution in [-0.2, 0) is 4.79 Å². The number of amides is 1. The van der Waals surface area contributed by atoms with Gasteiger partial charge in [-0.1, -0.05) is 23.7 Å². The molecule has 0 fully saturated rings. The van der Waals surface area contributed by atoms with Gasteiger partial charge in [0.2, 0.25) is 5.91 Å². The van der Waals surface area contributed by atoms with Crippen molar-refractivity contribution in [1.82, 2.24) is 10.3 Å². The number of aromatic nitrogens is 1. The number of anilines is 1. The van der Waals surface area contributed by atoms with E-state index in [2.05, 4.69) is 15.6 Å². The molecule has 0 aliphatic carbocycles. The first-order valence-electron chi connectivity index (χ1n) is 8.50. The molecule has 5 nitrogen and oxygen atoms in total. The van der Waals surface area contributed by atoms with E-state index < -0.39 is 0 Å². The van der Waals surface area contributed by atoms with E-state index in [1.54, 1.807) is 18.3 Å². The van der Waals surface area contributed by atoms with Crippen molar-refractivity contribution in [2.75, 3.05) is 5.32 Å². The molecule has 2 N–H and O–H groups in total. The molecule has 0 aliphatic heterocycles. The first-order valence-corrected chi connectivity index (χ1v) is 9.28. The van der Waals surface area contributed by atoms with Gasteiger partial charge in [-0.05, 0) is 73.6 Å². The van der Waals surface area contributed by atoms with Gasteiger partial charge in [0.25, 0.3) is 0 Å². The number of furan rings is 1. The second-order valence-corrected chi connectivity index (χ2v) is 6.98. The van der Waals surface area contributed by atoms with E-state index in [-0.39, 0.29) is 11.0 Å². The van der Waals surface area contributed by atoms with E-state index in [1.807, 2.05) is 50.2 Å². The monoisotopic (exact) mass is 411 g/mol. The number of halogens is 1. The SMILES string of the molecule is Cc1ccnc(NC(=S)NC(=O)/C=C/c2ccc(-c3ccc(C)c(Cl)c3)o2)c1. The molecule has 3 rings (SSSR count). The van der Waals surface area contributed by atoms with Gasteiger partial charge < -0.3 is 9.73 Å². The maximum absolute atomic E-state index is 12.0. The van der Waals surface area contributed by atoms with Crippen LogP contribution in [0.5, 0.6) is 0 Å². The molecular weight excluding hydrogens is 394 g/mol. The highest BCUT2D eigenvalue weighted by atomic mass is 35.5. The first-order chi connectivity index (χ1) is 13.4. The summed E-state index contributed by atoms with van der Waals surface area (Å²) >= 11 is 11.3. The van der Waals surface area contributed by atoms with Gasteiger partial charge in [-0.3, -0.25) is 10.1 Å². The Morgan fingerprint density at radius 3 is 2.75 bits per heavy atom. The first kappa shape index (κ1) is 19.8. The number of thiocarbonyl (C=S) groups is 1. The van der Waals surface area contributed by atoms with Crippen LogP contribution in [0.1, 0.15) is 16.9 Å². The second kappa shape index (κ2) is 8.82. The molecule has 0 saturated heterocycles. The summed E-state index contributed by atoms with van der Waals surface area (Å²) in [6.45, 7) is 3.88. The third-order valence-corrected chi connectivity index (χ3v) is 4.49. The lowest BCUT2D eigenvalue weighted by atomic mass is 10.1. The van der Waals surface area contributed by atoms with Crippen LogP contribution >= 0.6 is 23.8 Å². The highest BCUT2D eigenvalue weighted by Crippen LogP contribution is 2.27. The summed E-state index contributed by atoms with van der Waals surface area (Å²) in [5, 5.41) is 6.28. The Balaban J connectivity index is 1.59. The topological polar surface area (TPSA) is 67.2 Å². The van der Waals surface area contributed by atoms with Crippen LogP contribution in [0.15, 0.2) is 59.2 Å². The summed E-state index contributed by atoms with van der Waals surface area (Å²) in [5.41, 5.74) is 2.91. The number of nitrogens with one attached hydrogen (secondary N) is 2. The average Bonchev–Trinajstić information content (AvgIpc) is 3.11. The molecule has 1 aromatic carbocycles. The fourth-order valence-corrected chi connectivity index (χ4v) is 2.79. The normalized spacial score (nSPS) is 10.8. The molecule has 0 unspecified atom stereocenters. The Bertz CT molecular complexity index is 1060. The van der Waals surface area contributed by atoms with Crippen LogP contribution in [-0.4, -0.2) is 16.0 Å². The Morgan fingerprint density at radius 1 is 1.18 bits per heavy atom. The fourth-order valence-electron chi connectivity index (χ4n) is 2.41. The van der Waals surface area contributed by atoms with E-state index in [1.165, 1.54) is 6.08 Å². The number of pyridine rings is 1. The van der Waals surface area contributed by atoms with Crippen molar-refractivity contribution in [3.63, 3.8) is 0 Å². The van der Waals surface area contributed by atoms with Gasteiger partial charge >= 0.3 is 0 Å². The van der Waals surface area contributed by atoms with Crippen molar-refractivity contribution in [2.24, 2.45) is 0 Å². The van der Waals surface area contributed by atoms with Gasteiger partial charge in [-0.2, -0.15) is 0 Å². The third kappa shape index (κ3) is 5.28. The molecule has 0 saturated carbocycles. The Hall–Kier alpha value is -2.96. The summed E-state index contributed by atoms with van der Waals surface area (Å²) in [7, 11) is 0. The summed E-state index contributed by atoms with van der Waals surface area (Å²) in [4.78, 5) is 16.2. The lowest BCUT2D eigenvalue weighted by Gasteiger charge is -2.07. The maximum Gasteiger partial charge on any atom is 0.250 e. The molecule has 28 heavy (non-hydrogen) atoms. The number of aryl methyl sites for hydroxylation is 2. The predicted octanol–water partition coefficient (Wildman–Crippen LogP) is 5.14. The average molecular weight is 412 g/mol. The second-order valence-electron chi connectivity index (χ2n) is 6.16. The Morgan fingerprint density at radius 2 is 2.00 bits per heavy atom. The number of carbonyl (C=O) groups excluding carboxylic acids is 1. The van der Waals surface area contributed by atoms with E-state index in [4.69, 9.17) is 28.2 Å². The van der Waals surface area contributed by atoms with E-state index in [0.717, 1.165) is 16.7 Å². The molecule has 1 amide bonds. The molecule has 0 atom stereocenters. The summed E-state index contributed by atoms with van der Waals surface area (Å²) in [6, 6.07) is 13.0. The molecule has 0 aliphatic rings. The summed E-state index contributed by atoms with van der Waals surface area (Å²) in [5.74, 6) is 1.41. The summed E-state index contributed by atoms with van der Waals surface area (Å²) in [6.07, 6.45) is 4.59. The van der Waals surface area contributed by atoms with Crippen LogP contribution in [0.4, 0.5) is 5.82 Å². The number of rotatable bonds is 4. The molecule has 2 aromatic heterocycles. The van der Waals surface area contributed by atoms with Crippen LogP contribution in [0.2, 0.25) is 5.02 Å². The smallest absolute Gasteiger partial charge is 0.250 e. The van der Waals surface area contributed by atoms with Gasteiger partial charge in [0.15, 0.2) is 5.11 Å². The van der Waals surface area contributed by atoms with Crippen molar-refractivity contribution < 1.29 is 9.21 Å². The molecule has 3 aromatic rings. The van der Waals surface area contributed by atoms with Gasteiger partial charge in [-0.15, -0.1) is 0 Å². The van der Waals surface area contributed by atoms with Crippen LogP contribution in [0.3, 0.4) is 0 Å². The quantitative estimate of drug-likeness (QED) is 0.459. The Labute approximate surface area is 173 Å². The highest BCUT2D eigenvalue weighted by molar-refractivity contribution is 7.80. The number of carbonyl (C=O) groups is 1. The molecule has 2 heterocycles. The fraction of sp³-hybridized carbons (Fsp3) is 0.0952. The summed E-state index contributed by atoms with van der Waals surface area (Å²) < 4.78 is 5.74. The number of hydrogen-bond acceptors (Lipinski definition) is 4. The minimum Gasteiger partial charge on any atom is -0.457 e. The molecule has 0 spiro atoms. The van der Waals surface area contributed by atoms with Crippen LogP contribution in [0, 0.1) is 13.8 Å².